The molecule has 9 heteroatoms. The van der Waals surface area contributed by atoms with Gasteiger partial charge >= 0.3 is 0 Å². The van der Waals surface area contributed by atoms with E-state index in [2.05, 4.69) is 10.3 Å². The van der Waals surface area contributed by atoms with E-state index in [4.69, 9.17) is 0 Å². The van der Waals surface area contributed by atoms with Gasteiger partial charge in [0.2, 0.25) is 10.0 Å². The van der Waals surface area contributed by atoms with Crippen molar-refractivity contribution in [2.75, 3.05) is 36.9 Å². The molecule has 2 N–H and O–H groups in total. The Kier molecular flexibility index (Phi) is 6.86. The minimum Gasteiger partial charge on any atom is -0.323 e. The average molecular weight is 395 g/mol. The Balaban J connectivity index is 2.03. The first-order valence-electron chi connectivity index (χ1n) is 8.56. The number of H-pyrrole nitrogens is 1. The number of pyridine rings is 1. The van der Waals surface area contributed by atoms with Crippen LogP contribution in [0.25, 0.3) is 0 Å². The number of rotatable bonds is 8. The third-order valence-corrected chi connectivity index (χ3v) is 6.08. The SMILES string of the molecule is CCN(CC)S(=O)(=O)c1ccc(N(C)CC(=O)Nc2ccc(F)cc2)[nH+]c1. The number of anilines is 2. The number of aromatic nitrogens is 1. The molecule has 1 amide bonds. The molecule has 0 radical (unpaired) electrons. The van der Waals surface area contributed by atoms with Gasteiger partial charge in [0.1, 0.15) is 16.9 Å². The fourth-order valence-electron chi connectivity index (χ4n) is 2.55. The molecule has 0 bridgehead atoms. The van der Waals surface area contributed by atoms with E-state index in [1.165, 1.54) is 40.8 Å². The fourth-order valence-corrected chi connectivity index (χ4v) is 3.97. The van der Waals surface area contributed by atoms with Crippen LogP contribution in [0.15, 0.2) is 47.5 Å². The van der Waals surface area contributed by atoms with Crippen LogP contribution in [0.5, 0.6) is 0 Å². The summed E-state index contributed by atoms with van der Waals surface area (Å²) in [5, 5.41) is 2.67. The lowest BCUT2D eigenvalue weighted by atomic mass is 10.3. The molecule has 0 aliphatic rings. The zero-order chi connectivity index (χ0) is 20.0. The molecule has 0 spiro atoms. The number of likely N-dealkylation sites (N-methyl/N-ethyl adjacent to an activating group) is 1. The summed E-state index contributed by atoms with van der Waals surface area (Å²) in [4.78, 5) is 16.8. The van der Waals surface area contributed by atoms with Crippen molar-refractivity contribution in [2.24, 2.45) is 0 Å². The number of sulfonamides is 1. The largest absolute Gasteiger partial charge is 0.323 e. The van der Waals surface area contributed by atoms with Gasteiger partial charge in [0, 0.05) is 24.8 Å². The Morgan fingerprint density at radius 1 is 1.11 bits per heavy atom. The number of carbonyl (C=O) groups is 1. The summed E-state index contributed by atoms with van der Waals surface area (Å²) in [5.41, 5.74) is 0.499. The van der Waals surface area contributed by atoms with Crippen molar-refractivity contribution >= 4 is 27.4 Å². The van der Waals surface area contributed by atoms with E-state index < -0.39 is 10.0 Å². The second-order valence-electron chi connectivity index (χ2n) is 5.91. The van der Waals surface area contributed by atoms with Crippen LogP contribution >= 0.6 is 0 Å². The molecule has 2 aromatic rings. The average Bonchev–Trinajstić information content (AvgIpc) is 2.64. The molecule has 7 nitrogen and oxygen atoms in total. The van der Waals surface area contributed by atoms with Crippen LogP contribution in [-0.4, -0.2) is 45.3 Å². The maximum Gasteiger partial charge on any atom is 0.274 e. The van der Waals surface area contributed by atoms with Crippen LogP contribution in [0, 0.1) is 5.82 Å². The van der Waals surface area contributed by atoms with Gasteiger partial charge in [0.15, 0.2) is 6.54 Å². The highest BCUT2D eigenvalue weighted by atomic mass is 32.2. The van der Waals surface area contributed by atoms with Gasteiger partial charge in [-0.3, -0.25) is 9.69 Å². The maximum atomic E-state index is 12.9. The molecule has 0 unspecified atom stereocenters. The van der Waals surface area contributed by atoms with Crippen LogP contribution in [-0.2, 0) is 14.8 Å². The molecule has 1 aromatic heterocycles. The highest BCUT2D eigenvalue weighted by Gasteiger charge is 2.24. The minimum absolute atomic E-state index is 0.0377. The van der Waals surface area contributed by atoms with Gasteiger partial charge in [-0.1, -0.05) is 13.8 Å². The third kappa shape index (κ3) is 5.24. The number of aromatic amines is 1. The molecule has 27 heavy (non-hydrogen) atoms. The van der Waals surface area contributed by atoms with Crippen LogP contribution in [0.1, 0.15) is 13.8 Å². The summed E-state index contributed by atoms with van der Waals surface area (Å²) in [5.74, 6) is -0.0698. The van der Waals surface area contributed by atoms with Crippen LogP contribution in [0.3, 0.4) is 0 Å². The van der Waals surface area contributed by atoms with Crippen molar-refractivity contribution in [3.8, 4) is 0 Å². The summed E-state index contributed by atoms with van der Waals surface area (Å²) in [6, 6.07) is 8.61. The standard InChI is InChI=1S/C18H23FN4O3S/c1-4-23(5-2)27(25,26)16-10-11-17(20-12-16)22(3)13-18(24)21-15-8-6-14(19)7-9-15/h6-12H,4-5,13H2,1-3H3,(H,21,24)/p+1. The number of nitrogens with zero attached hydrogens (tertiary/aromatic N) is 2. The first kappa shape index (κ1) is 20.8. The molecule has 0 saturated heterocycles. The number of halogens is 1. The molecular weight excluding hydrogens is 371 g/mol. The zero-order valence-corrected chi connectivity index (χ0v) is 16.4. The van der Waals surface area contributed by atoms with E-state index in [1.807, 2.05) is 0 Å². The lowest BCUT2D eigenvalue weighted by Crippen LogP contribution is -2.34. The highest BCUT2D eigenvalue weighted by Crippen LogP contribution is 2.15. The van der Waals surface area contributed by atoms with Crippen LogP contribution < -0.4 is 15.2 Å². The van der Waals surface area contributed by atoms with Crippen molar-refractivity contribution in [1.82, 2.24) is 4.31 Å². The smallest absolute Gasteiger partial charge is 0.274 e. The van der Waals surface area contributed by atoms with Crippen LogP contribution in [0.4, 0.5) is 15.9 Å². The van der Waals surface area contributed by atoms with Gasteiger partial charge in [-0.05, 0) is 30.3 Å². The molecule has 0 fully saturated rings. The molecular formula is C18H24FN4O3S+. The lowest BCUT2D eigenvalue weighted by molar-refractivity contribution is -0.366. The zero-order valence-electron chi connectivity index (χ0n) is 15.6. The summed E-state index contributed by atoms with van der Waals surface area (Å²) in [6.07, 6.45) is 1.41. The molecule has 0 aliphatic carbocycles. The monoisotopic (exact) mass is 395 g/mol. The third-order valence-electron chi connectivity index (χ3n) is 4.03. The predicted molar refractivity (Wildman–Crippen MR) is 101 cm³/mol. The van der Waals surface area contributed by atoms with Crippen molar-refractivity contribution in [3.05, 3.63) is 48.4 Å². The molecule has 146 valence electrons. The number of carbonyl (C=O) groups excluding carboxylic acids is 1. The Morgan fingerprint density at radius 2 is 1.74 bits per heavy atom. The second-order valence-corrected chi connectivity index (χ2v) is 7.85. The van der Waals surface area contributed by atoms with Crippen molar-refractivity contribution in [3.63, 3.8) is 0 Å². The van der Waals surface area contributed by atoms with Crippen LogP contribution in [0.2, 0.25) is 0 Å². The number of nitrogens with one attached hydrogen (secondary N) is 2. The fraction of sp³-hybridized carbons (Fsp3) is 0.333. The summed E-state index contributed by atoms with van der Waals surface area (Å²) in [6.45, 7) is 4.39. The van der Waals surface area contributed by atoms with E-state index in [0.717, 1.165) is 0 Å². The lowest BCUT2D eigenvalue weighted by Gasteiger charge is -2.18. The van der Waals surface area contributed by atoms with Crippen molar-refractivity contribution in [2.45, 2.75) is 18.7 Å². The Hall–Kier alpha value is -2.52. The molecule has 0 saturated carbocycles. The van der Waals surface area contributed by atoms with Gasteiger partial charge in [0.05, 0.1) is 7.05 Å². The summed E-state index contributed by atoms with van der Waals surface area (Å²) >= 11 is 0. The Labute approximate surface area is 158 Å². The highest BCUT2D eigenvalue weighted by molar-refractivity contribution is 7.89. The quantitative estimate of drug-likeness (QED) is 0.738. The molecule has 2 rings (SSSR count). The molecule has 0 aliphatic heterocycles. The van der Waals surface area contributed by atoms with Gasteiger partial charge in [-0.2, -0.15) is 4.31 Å². The summed E-state index contributed by atoms with van der Waals surface area (Å²) < 4.78 is 39.2. The van der Waals surface area contributed by atoms with E-state index in [9.17, 15) is 17.6 Å². The topological polar surface area (TPSA) is 83.9 Å². The summed E-state index contributed by atoms with van der Waals surface area (Å²) in [7, 11) is -1.83. The molecule has 1 heterocycles. The van der Waals surface area contributed by atoms with Gasteiger partial charge in [-0.15, -0.1) is 0 Å². The van der Waals surface area contributed by atoms with E-state index in [-0.39, 0.29) is 23.2 Å². The van der Waals surface area contributed by atoms with Gasteiger partial charge in [0.25, 0.3) is 11.7 Å². The van der Waals surface area contributed by atoms with Gasteiger partial charge < -0.3 is 5.32 Å². The van der Waals surface area contributed by atoms with Crippen molar-refractivity contribution in [1.29, 1.82) is 0 Å². The maximum absolute atomic E-state index is 12.9. The number of hydrogen-bond acceptors (Lipinski definition) is 4. The number of amides is 1. The van der Waals surface area contributed by atoms with E-state index >= 15 is 0 Å². The molecule has 1 aromatic carbocycles. The normalized spacial score (nSPS) is 11.4. The first-order valence-corrected chi connectivity index (χ1v) is 10.00. The van der Waals surface area contributed by atoms with E-state index in [1.54, 1.807) is 31.9 Å². The number of benzene rings is 1. The van der Waals surface area contributed by atoms with Crippen molar-refractivity contribution < 1.29 is 22.6 Å². The van der Waals surface area contributed by atoms with Gasteiger partial charge in [-0.25, -0.2) is 17.8 Å². The minimum atomic E-state index is -3.54. The Morgan fingerprint density at radius 3 is 2.26 bits per heavy atom. The number of hydrogen-bond donors (Lipinski definition) is 1. The second kappa shape index (κ2) is 8.92. The molecule has 0 atom stereocenters. The predicted octanol–water partition coefficient (Wildman–Crippen LogP) is 1.75. The van der Waals surface area contributed by atoms with E-state index in [0.29, 0.717) is 24.6 Å². The Bertz CT molecular complexity index is 866. The first-order chi connectivity index (χ1) is 12.8.